The summed E-state index contributed by atoms with van der Waals surface area (Å²) in [5, 5.41) is 3.37. The van der Waals surface area contributed by atoms with E-state index in [0.29, 0.717) is 31.2 Å². The highest BCUT2D eigenvalue weighted by Crippen LogP contribution is 2.20. The summed E-state index contributed by atoms with van der Waals surface area (Å²) in [5.74, 6) is 1.17. The minimum absolute atomic E-state index is 0.227. The number of ether oxygens (including phenoxy) is 1. The average Bonchev–Trinajstić information content (AvgIpc) is 2.44. The first-order valence-electron chi connectivity index (χ1n) is 6.74. The van der Waals surface area contributed by atoms with Crippen molar-refractivity contribution < 1.29 is 4.74 Å². The van der Waals surface area contributed by atoms with Crippen LogP contribution in [0.2, 0.25) is 5.28 Å². The molecule has 19 heavy (non-hydrogen) atoms. The topological polar surface area (TPSA) is 63.2 Å². The molecule has 6 nitrogen and oxygen atoms in total. The van der Waals surface area contributed by atoms with Crippen LogP contribution in [0.4, 0.5) is 11.9 Å². The van der Waals surface area contributed by atoms with Crippen molar-refractivity contribution >= 4 is 23.5 Å². The van der Waals surface area contributed by atoms with Crippen LogP contribution >= 0.6 is 11.6 Å². The zero-order valence-electron chi connectivity index (χ0n) is 11.4. The van der Waals surface area contributed by atoms with E-state index in [2.05, 4.69) is 39.0 Å². The lowest BCUT2D eigenvalue weighted by Gasteiger charge is -2.35. The minimum Gasteiger partial charge on any atom is -0.377 e. The van der Waals surface area contributed by atoms with Crippen molar-refractivity contribution in [2.75, 3.05) is 36.5 Å². The third-order valence-corrected chi connectivity index (χ3v) is 3.25. The van der Waals surface area contributed by atoms with Gasteiger partial charge in [-0.15, -0.1) is 0 Å². The van der Waals surface area contributed by atoms with Crippen molar-refractivity contribution in [2.45, 2.75) is 32.7 Å². The number of rotatable bonds is 5. The zero-order chi connectivity index (χ0) is 13.7. The molecule has 0 bridgehead atoms. The van der Waals surface area contributed by atoms with Crippen LogP contribution in [0.1, 0.15) is 26.7 Å². The molecule has 1 aliphatic heterocycles. The molecule has 0 spiro atoms. The normalized spacial score (nSPS) is 19.5. The number of hydrogen-bond donors (Lipinski definition) is 1. The predicted molar refractivity (Wildman–Crippen MR) is 75.9 cm³/mol. The van der Waals surface area contributed by atoms with E-state index in [1.54, 1.807) is 0 Å². The molecule has 1 aromatic heterocycles. The molecule has 1 saturated heterocycles. The lowest BCUT2D eigenvalue weighted by Crippen LogP contribution is -2.46. The average molecular weight is 286 g/mol. The Morgan fingerprint density at radius 2 is 2.21 bits per heavy atom. The van der Waals surface area contributed by atoms with Crippen LogP contribution in [-0.4, -0.2) is 47.3 Å². The third kappa shape index (κ3) is 3.67. The summed E-state index contributed by atoms with van der Waals surface area (Å²) in [7, 11) is 0. The molecule has 0 aromatic carbocycles. The van der Waals surface area contributed by atoms with Crippen LogP contribution in [0.25, 0.3) is 0 Å². The molecule has 1 aliphatic rings. The van der Waals surface area contributed by atoms with E-state index in [0.717, 1.165) is 25.9 Å². The second-order valence-corrected chi connectivity index (χ2v) is 4.82. The molecule has 0 amide bonds. The van der Waals surface area contributed by atoms with Crippen LogP contribution < -0.4 is 10.2 Å². The first-order valence-corrected chi connectivity index (χ1v) is 7.12. The summed E-state index contributed by atoms with van der Waals surface area (Å²) in [6.07, 6.45) is 1.99. The number of aromatic nitrogens is 3. The number of hydrogen-bond acceptors (Lipinski definition) is 6. The Morgan fingerprint density at radius 1 is 1.37 bits per heavy atom. The Morgan fingerprint density at radius 3 is 2.95 bits per heavy atom. The maximum atomic E-state index is 5.98. The quantitative estimate of drug-likeness (QED) is 0.892. The molecule has 0 aliphatic carbocycles. The number of morpholine rings is 1. The molecular formula is C12H20ClN5O. The van der Waals surface area contributed by atoms with Gasteiger partial charge in [-0.25, -0.2) is 0 Å². The highest BCUT2D eigenvalue weighted by Gasteiger charge is 2.24. The first kappa shape index (κ1) is 14.3. The van der Waals surface area contributed by atoms with Crippen LogP contribution in [0.5, 0.6) is 0 Å². The van der Waals surface area contributed by atoms with Gasteiger partial charge in [-0.1, -0.05) is 13.8 Å². The van der Waals surface area contributed by atoms with E-state index in [1.165, 1.54) is 0 Å². The molecule has 0 saturated carbocycles. The maximum Gasteiger partial charge on any atom is 0.231 e. The lowest BCUT2D eigenvalue weighted by molar-refractivity contribution is 0.0921. The summed E-state index contributed by atoms with van der Waals surface area (Å²) in [4.78, 5) is 14.9. The van der Waals surface area contributed by atoms with Crippen molar-refractivity contribution in [1.29, 1.82) is 0 Å². The Bertz CT molecular complexity index is 417. The zero-order valence-corrected chi connectivity index (χ0v) is 12.2. The lowest BCUT2D eigenvalue weighted by atomic mass is 10.2. The van der Waals surface area contributed by atoms with E-state index in [9.17, 15) is 0 Å². The van der Waals surface area contributed by atoms with Crippen molar-refractivity contribution in [3.63, 3.8) is 0 Å². The third-order valence-electron chi connectivity index (χ3n) is 3.09. The monoisotopic (exact) mass is 285 g/mol. The molecule has 7 heteroatoms. The van der Waals surface area contributed by atoms with E-state index < -0.39 is 0 Å². The van der Waals surface area contributed by atoms with Gasteiger partial charge >= 0.3 is 0 Å². The molecule has 1 atom stereocenters. The molecule has 1 fully saturated rings. The van der Waals surface area contributed by atoms with Crippen molar-refractivity contribution in [2.24, 2.45) is 0 Å². The van der Waals surface area contributed by atoms with E-state index in [-0.39, 0.29) is 5.28 Å². The summed E-state index contributed by atoms with van der Waals surface area (Å²) < 4.78 is 5.49. The van der Waals surface area contributed by atoms with Gasteiger partial charge in [0.2, 0.25) is 17.2 Å². The molecular weight excluding hydrogens is 266 g/mol. The predicted octanol–water partition coefficient (Wildman–Crippen LogP) is 1.96. The number of nitrogens with one attached hydrogen (secondary N) is 1. The highest BCUT2D eigenvalue weighted by molar-refractivity contribution is 6.28. The van der Waals surface area contributed by atoms with Gasteiger partial charge in [-0.2, -0.15) is 15.0 Å². The van der Waals surface area contributed by atoms with Crippen molar-refractivity contribution in [1.82, 2.24) is 15.0 Å². The Labute approximate surface area is 118 Å². The smallest absolute Gasteiger partial charge is 0.231 e. The van der Waals surface area contributed by atoms with E-state index >= 15 is 0 Å². The SMILES string of the molecule is CCCNc1nc(Cl)nc(N2CCOCC2CC)n1. The second kappa shape index (κ2) is 6.86. The summed E-state index contributed by atoms with van der Waals surface area (Å²) in [6, 6.07) is 0.297. The Kier molecular flexibility index (Phi) is 5.15. The fourth-order valence-corrected chi connectivity index (χ4v) is 2.20. The Hall–Kier alpha value is -1.14. The van der Waals surface area contributed by atoms with Gasteiger partial charge in [-0.3, -0.25) is 0 Å². The minimum atomic E-state index is 0.227. The van der Waals surface area contributed by atoms with Gasteiger partial charge < -0.3 is 15.0 Å². The van der Waals surface area contributed by atoms with Crippen molar-refractivity contribution in [3.05, 3.63) is 5.28 Å². The van der Waals surface area contributed by atoms with Gasteiger partial charge in [0.25, 0.3) is 0 Å². The van der Waals surface area contributed by atoms with Gasteiger partial charge in [0.15, 0.2) is 0 Å². The Balaban J connectivity index is 2.19. The van der Waals surface area contributed by atoms with Crippen molar-refractivity contribution in [3.8, 4) is 0 Å². The number of anilines is 2. The standard InChI is InChI=1S/C12H20ClN5O/c1-3-5-14-11-15-10(13)16-12(17-11)18-6-7-19-8-9(18)4-2/h9H,3-8H2,1-2H3,(H,14,15,16,17). The van der Waals surface area contributed by atoms with Crippen LogP contribution in [-0.2, 0) is 4.74 Å². The van der Waals surface area contributed by atoms with Gasteiger partial charge in [0.1, 0.15) is 0 Å². The van der Waals surface area contributed by atoms with E-state index in [4.69, 9.17) is 16.3 Å². The number of nitrogens with zero attached hydrogens (tertiary/aromatic N) is 4. The van der Waals surface area contributed by atoms with Crippen LogP contribution in [0.3, 0.4) is 0 Å². The molecule has 106 valence electrons. The molecule has 1 unspecified atom stereocenters. The molecule has 2 rings (SSSR count). The first-order chi connectivity index (χ1) is 9.24. The fourth-order valence-electron chi connectivity index (χ4n) is 2.04. The molecule has 1 aromatic rings. The fraction of sp³-hybridized carbons (Fsp3) is 0.750. The molecule has 0 radical (unpaired) electrons. The van der Waals surface area contributed by atoms with Gasteiger partial charge in [0.05, 0.1) is 19.3 Å². The maximum absolute atomic E-state index is 5.98. The second-order valence-electron chi connectivity index (χ2n) is 4.49. The molecule has 1 N–H and O–H groups in total. The van der Waals surface area contributed by atoms with Crippen LogP contribution in [0, 0.1) is 0 Å². The summed E-state index contributed by atoms with van der Waals surface area (Å²) in [6.45, 7) is 7.22. The van der Waals surface area contributed by atoms with Gasteiger partial charge in [0, 0.05) is 13.1 Å². The van der Waals surface area contributed by atoms with Crippen LogP contribution in [0.15, 0.2) is 0 Å². The molecule has 2 heterocycles. The van der Waals surface area contributed by atoms with E-state index in [1.807, 2.05) is 0 Å². The summed E-state index contributed by atoms with van der Waals surface area (Å²) >= 11 is 5.98. The largest absolute Gasteiger partial charge is 0.377 e. The number of halogens is 1. The van der Waals surface area contributed by atoms with Gasteiger partial charge in [-0.05, 0) is 24.4 Å². The highest BCUT2D eigenvalue weighted by atomic mass is 35.5. The summed E-state index contributed by atoms with van der Waals surface area (Å²) in [5.41, 5.74) is 0.